The van der Waals surface area contributed by atoms with E-state index in [1.165, 1.54) is 4.90 Å². The number of hydrogen-bond acceptors (Lipinski definition) is 2. The van der Waals surface area contributed by atoms with Crippen LogP contribution in [0.5, 0.6) is 0 Å². The Balaban J connectivity index is 2.71. The van der Waals surface area contributed by atoms with Crippen molar-refractivity contribution in [1.82, 2.24) is 10.2 Å². The topological polar surface area (TPSA) is 15.3 Å². The summed E-state index contributed by atoms with van der Waals surface area (Å²) in [5, 5.41) is 3.51. The fraction of sp³-hybridized carbons (Fsp3) is 1.00. The van der Waals surface area contributed by atoms with Gasteiger partial charge in [-0.2, -0.15) is 13.2 Å². The van der Waals surface area contributed by atoms with Gasteiger partial charge in [0.1, 0.15) is 0 Å². The second-order valence-corrected chi connectivity index (χ2v) is 6.62. The first kappa shape index (κ1) is 17.8. The zero-order chi connectivity index (χ0) is 15.4. The van der Waals surface area contributed by atoms with Gasteiger partial charge in [-0.3, -0.25) is 4.90 Å². The van der Waals surface area contributed by atoms with Crippen molar-refractivity contribution in [2.45, 2.75) is 59.2 Å². The summed E-state index contributed by atoms with van der Waals surface area (Å²) in [5.41, 5.74) is 0.163. The van der Waals surface area contributed by atoms with E-state index in [2.05, 4.69) is 26.1 Å². The Labute approximate surface area is 121 Å². The van der Waals surface area contributed by atoms with E-state index in [1.54, 1.807) is 0 Å². The van der Waals surface area contributed by atoms with Crippen molar-refractivity contribution in [3.05, 3.63) is 0 Å². The van der Waals surface area contributed by atoms with Crippen molar-refractivity contribution in [3.8, 4) is 0 Å². The van der Waals surface area contributed by atoms with Crippen LogP contribution in [0.25, 0.3) is 0 Å². The first-order valence-electron chi connectivity index (χ1n) is 7.72. The minimum atomic E-state index is -4.10. The lowest BCUT2D eigenvalue weighted by Gasteiger charge is -2.46. The lowest BCUT2D eigenvalue weighted by Crippen LogP contribution is -2.53. The number of halogens is 3. The lowest BCUT2D eigenvalue weighted by atomic mass is 9.67. The molecule has 0 radical (unpaired) electrons. The standard InChI is InChI=1S/C15H29F3N2/c1-5-19-13-12(8-7-9-14(13,3)4)10-20(6-2)11-15(16,17)18/h12-13,19H,5-11H2,1-4H3. The van der Waals surface area contributed by atoms with Crippen LogP contribution in [-0.2, 0) is 0 Å². The highest BCUT2D eigenvalue weighted by Gasteiger charge is 2.40. The number of hydrogen-bond donors (Lipinski definition) is 1. The summed E-state index contributed by atoms with van der Waals surface area (Å²) in [6.07, 6.45) is -0.820. The smallest absolute Gasteiger partial charge is 0.313 e. The van der Waals surface area contributed by atoms with E-state index in [-0.39, 0.29) is 5.41 Å². The number of nitrogens with zero attached hydrogens (tertiary/aromatic N) is 1. The van der Waals surface area contributed by atoms with Gasteiger partial charge in [0, 0.05) is 12.6 Å². The first-order chi connectivity index (χ1) is 9.19. The molecule has 0 spiro atoms. The molecule has 1 aliphatic carbocycles. The van der Waals surface area contributed by atoms with Crippen LogP contribution in [0.3, 0.4) is 0 Å². The third kappa shape index (κ3) is 5.24. The van der Waals surface area contributed by atoms with E-state index in [9.17, 15) is 13.2 Å². The minimum absolute atomic E-state index is 0.163. The van der Waals surface area contributed by atoms with Gasteiger partial charge in [0.05, 0.1) is 6.54 Å². The van der Waals surface area contributed by atoms with E-state index >= 15 is 0 Å². The summed E-state index contributed by atoms with van der Waals surface area (Å²) in [6.45, 7) is 9.40. The van der Waals surface area contributed by atoms with Gasteiger partial charge >= 0.3 is 6.18 Å². The van der Waals surface area contributed by atoms with Crippen LogP contribution >= 0.6 is 0 Å². The quantitative estimate of drug-likeness (QED) is 0.804. The molecule has 2 nitrogen and oxygen atoms in total. The Morgan fingerprint density at radius 2 is 1.90 bits per heavy atom. The Kier molecular flexibility index (Phi) is 6.32. The van der Waals surface area contributed by atoms with Gasteiger partial charge in [-0.15, -0.1) is 0 Å². The molecule has 0 aromatic heterocycles. The maximum atomic E-state index is 12.6. The predicted molar refractivity (Wildman–Crippen MR) is 76.8 cm³/mol. The molecule has 0 aromatic carbocycles. The van der Waals surface area contributed by atoms with Gasteiger partial charge in [-0.25, -0.2) is 0 Å². The summed E-state index contributed by atoms with van der Waals surface area (Å²) in [7, 11) is 0. The van der Waals surface area contributed by atoms with Crippen LogP contribution in [0.2, 0.25) is 0 Å². The van der Waals surface area contributed by atoms with E-state index in [4.69, 9.17) is 0 Å². The van der Waals surface area contributed by atoms with Gasteiger partial charge in [-0.1, -0.05) is 34.1 Å². The van der Waals surface area contributed by atoms with E-state index in [0.717, 1.165) is 25.8 Å². The molecule has 1 aliphatic rings. The molecule has 20 heavy (non-hydrogen) atoms. The molecule has 1 N–H and O–H groups in total. The molecule has 0 heterocycles. The molecule has 1 rings (SSSR count). The Morgan fingerprint density at radius 1 is 1.25 bits per heavy atom. The highest BCUT2D eigenvalue weighted by Crippen LogP contribution is 2.39. The molecule has 1 saturated carbocycles. The summed E-state index contributed by atoms with van der Waals surface area (Å²) in [5.74, 6) is 0.306. The molecule has 0 saturated heterocycles. The van der Waals surface area contributed by atoms with E-state index in [1.807, 2.05) is 6.92 Å². The van der Waals surface area contributed by atoms with Crippen LogP contribution in [0, 0.1) is 11.3 Å². The van der Waals surface area contributed by atoms with Crippen molar-refractivity contribution < 1.29 is 13.2 Å². The highest BCUT2D eigenvalue weighted by atomic mass is 19.4. The molecule has 0 bridgehead atoms. The van der Waals surface area contributed by atoms with Crippen molar-refractivity contribution in [2.24, 2.45) is 11.3 Å². The number of rotatable bonds is 6. The van der Waals surface area contributed by atoms with Crippen LogP contribution in [0.1, 0.15) is 47.0 Å². The molecule has 120 valence electrons. The molecule has 2 unspecified atom stereocenters. The molecule has 5 heteroatoms. The first-order valence-corrected chi connectivity index (χ1v) is 7.72. The van der Waals surface area contributed by atoms with Crippen molar-refractivity contribution in [1.29, 1.82) is 0 Å². The van der Waals surface area contributed by atoms with E-state index < -0.39 is 12.7 Å². The number of nitrogens with one attached hydrogen (secondary N) is 1. The Bertz CT molecular complexity index is 289. The van der Waals surface area contributed by atoms with Crippen LogP contribution in [-0.4, -0.2) is 43.3 Å². The van der Waals surface area contributed by atoms with Gasteiger partial charge in [0.2, 0.25) is 0 Å². The van der Waals surface area contributed by atoms with Gasteiger partial charge in [0.25, 0.3) is 0 Å². The van der Waals surface area contributed by atoms with Crippen molar-refractivity contribution >= 4 is 0 Å². The maximum absolute atomic E-state index is 12.6. The monoisotopic (exact) mass is 294 g/mol. The second kappa shape index (κ2) is 7.12. The van der Waals surface area contributed by atoms with Gasteiger partial charge < -0.3 is 5.32 Å². The SMILES string of the molecule is CCNC1C(CN(CC)CC(F)(F)F)CCCC1(C)C. The summed E-state index contributed by atoms with van der Waals surface area (Å²) >= 11 is 0. The Morgan fingerprint density at radius 3 is 2.40 bits per heavy atom. The largest absolute Gasteiger partial charge is 0.401 e. The van der Waals surface area contributed by atoms with Crippen molar-refractivity contribution in [2.75, 3.05) is 26.2 Å². The van der Waals surface area contributed by atoms with Gasteiger partial charge in [0.15, 0.2) is 0 Å². The fourth-order valence-electron chi connectivity index (χ4n) is 3.53. The second-order valence-electron chi connectivity index (χ2n) is 6.62. The summed E-state index contributed by atoms with van der Waals surface area (Å²) in [6, 6.07) is 0.309. The zero-order valence-corrected chi connectivity index (χ0v) is 13.2. The molecule has 0 amide bonds. The molecule has 2 atom stereocenters. The summed E-state index contributed by atoms with van der Waals surface area (Å²) < 4.78 is 37.8. The molecule has 1 fully saturated rings. The van der Waals surface area contributed by atoms with Crippen LogP contribution in [0.15, 0.2) is 0 Å². The molecular weight excluding hydrogens is 265 g/mol. The maximum Gasteiger partial charge on any atom is 0.401 e. The zero-order valence-electron chi connectivity index (χ0n) is 13.2. The highest BCUT2D eigenvalue weighted by molar-refractivity contribution is 4.94. The Hall–Kier alpha value is -0.290. The average molecular weight is 294 g/mol. The minimum Gasteiger partial charge on any atom is -0.313 e. The van der Waals surface area contributed by atoms with Crippen LogP contribution < -0.4 is 5.32 Å². The predicted octanol–water partition coefficient (Wildman–Crippen LogP) is 3.68. The third-order valence-corrected chi connectivity index (χ3v) is 4.48. The van der Waals surface area contributed by atoms with Gasteiger partial charge in [-0.05, 0) is 37.3 Å². The molecule has 0 aromatic rings. The van der Waals surface area contributed by atoms with Crippen LogP contribution in [0.4, 0.5) is 13.2 Å². The lowest BCUT2D eigenvalue weighted by molar-refractivity contribution is -0.147. The van der Waals surface area contributed by atoms with E-state index in [0.29, 0.717) is 25.0 Å². The third-order valence-electron chi connectivity index (χ3n) is 4.48. The number of alkyl halides is 3. The average Bonchev–Trinajstić information content (AvgIpc) is 2.30. The normalized spacial score (nSPS) is 27.0. The molecule has 0 aliphatic heterocycles. The van der Waals surface area contributed by atoms with Crippen molar-refractivity contribution in [3.63, 3.8) is 0 Å². The molecular formula is C15H29F3N2. The fourth-order valence-corrected chi connectivity index (χ4v) is 3.53. The summed E-state index contributed by atoms with van der Waals surface area (Å²) in [4.78, 5) is 1.54.